The molecule has 0 aliphatic rings. The highest BCUT2D eigenvalue weighted by Gasteiger charge is 2.20. The highest BCUT2D eigenvalue weighted by atomic mass is 19.1. The van der Waals surface area contributed by atoms with Gasteiger partial charge in [-0.05, 0) is 12.1 Å². The molecule has 0 aliphatic heterocycles. The summed E-state index contributed by atoms with van der Waals surface area (Å²) in [7, 11) is 0. The minimum Gasteiger partial charge on any atom is -0.355 e. The Kier molecular flexibility index (Phi) is 5.19. The topological polar surface area (TPSA) is 58.2 Å². The monoisotopic (exact) mass is 284 g/mol. The maximum Gasteiger partial charge on any atom is 0.226 e. The zero-order chi connectivity index (χ0) is 15.3. The van der Waals surface area contributed by atoms with Crippen LogP contribution in [0.3, 0.4) is 0 Å². The summed E-state index contributed by atoms with van der Waals surface area (Å²) in [5.41, 5.74) is -1.02. The minimum atomic E-state index is -0.836. The summed E-state index contributed by atoms with van der Waals surface area (Å²) in [6.07, 6.45) is -0.0599. The lowest BCUT2D eigenvalue weighted by Gasteiger charge is -2.17. The van der Waals surface area contributed by atoms with Gasteiger partial charge in [0.1, 0.15) is 17.3 Å². The second-order valence-corrected chi connectivity index (χ2v) is 5.40. The number of anilines is 1. The third-order valence-electron chi connectivity index (χ3n) is 2.55. The molecule has 1 aromatic carbocycles. The van der Waals surface area contributed by atoms with Crippen molar-refractivity contribution >= 4 is 17.5 Å². The van der Waals surface area contributed by atoms with Gasteiger partial charge in [-0.3, -0.25) is 9.59 Å². The molecule has 6 heteroatoms. The Morgan fingerprint density at radius 3 is 2.20 bits per heavy atom. The highest BCUT2D eigenvalue weighted by Crippen LogP contribution is 2.18. The van der Waals surface area contributed by atoms with Gasteiger partial charge in [0.25, 0.3) is 0 Å². The number of para-hydroxylation sites is 1. The molecular formula is C14H18F2N2O2. The molecule has 0 aromatic heterocycles. The first-order chi connectivity index (χ1) is 9.21. The van der Waals surface area contributed by atoms with E-state index in [-0.39, 0.29) is 18.9 Å². The van der Waals surface area contributed by atoms with E-state index in [2.05, 4.69) is 10.6 Å². The van der Waals surface area contributed by atoms with Gasteiger partial charge in [-0.1, -0.05) is 26.8 Å². The van der Waals surface area contributed by atoms with E-state index in [9.17, 15) is 18.4 Å². The number of hydrogen-bond donors (Lipinski definition) is 2. The third kappa shape index (κ3) is 4.60. The molecule has 1 aromatic rings. The predicted molar refractivity (Wildman–Crippen MR) is 72.1 cm³/mol. The van der Waals surface area contributed by atoms with Gasteiger partial charge in [-0.15, -0.1) is 0 Å². The van der Waals surface area contributed by atoms with Crippen LogP contribution in [0.2, 0.25) is 0 Å². The molecule has 0 aliphatic carbocycles. The van der Waals surface area contributed by atoms with E-state index < -0.39 is 28.6 Å². The number of nitrogens with one attached hydrogen (secondary N) is 2. The minimum absolute atomic E-state index is 0.0599. The lowest BCUT2D eigenvalue weighted by molar-refractivity contribution is -0.128. The summed E-state index contributed by atoms with van der Waals surface area (Å²) >= 11 is 0. The van der Waals surface area contributed by atoms with Crippen LogP contribution in [-0.2, 0) is 9.59 Å². The third-order valence-corrected chi connectivity index (χ3v) is 2.55. The second-order valence-electron chi connectivity index (χ2n) is 5.40. The number of carbonyl (C=O) groups is 2. The van der Waals surface area contributed by atoms with Crippen LogP contribution < -0.4 is 10.6 Å². The molecule has 110 valence electrons. The van der Waals surface area contributed by atoms with E-state index in [1.54, 1.807) is 20.8 Å². The summed E-state index contributed by atoms with van der Waals surface area (Å²) in [6, 6.07) is 3.32. The van der Waals surface area contributed by atoms with Crippen LogP contribution in [-0.4, -0.2) is 18.4 Å². The van der Waals surface area contributed by atoms with Crippen molar-refractivity contribution in [2.45, 2.75) is 27.2 Å². The van der Waals surface area contributed by atoms with Crippen LogP contribution in [0.15, 0.2) is 18.2 Å². The maximum atomic E-state index is 13.3. The van der Waals surface area contributed by atoms with Crippen molar-refractivity contribution < 1.29 is 18.4 Å². The van der Waals surface area contributed by atoms with Crippen LogP contribution in [0.4, 0.5) is 14.5 Å². The molecule has 2 N–H and O–H groups in total. The fourth-order valence-electron chi connectivity index (χ4n) is 1.37. The lowest BCUT2D eigenvalue weighted by Crippen LogP contribution is -2.36. The van der Waals surface area contributed by atoms with Gasteiger partial charge in [0.15, 0.2) is 0 Å². The quantitative estimate of drug-likeness (QED) is 0.892. The lowest BCUT2D eigenvalue weighted by atomic mass is 9.96. The molecule has 0 saturated heterocycles. The standard InChI is InChI=1S/C14H18F2N2O2/c1-14(2,3)13(20)17-8-7-11(19)18-12-9(15)5-4-6-10(12)16/h4-6H,7-8H2,1-3H3,(H,17,20)(H,18,19). The van der Waals surface area contributed by atoms with Crippen molar-refractivity contribution in [1.82, 2.24) is 5.32 Å². The molecule has 0 atom stereocenters. The summed E-state index contributed by atoms with van der Waals surface area (Å²) < 4.78 is 26.6. The Morgan fingerprint density at radius 2 is 1.70 bits per heavy atom. The molecule has 0 spiro atoms. The first-order valence-corrected chi connectivity index (χ1v) is 6.24. The first kappa shape index (κ1) is 16.1. The number of benzene rings is 1. The van der Waals surface area contributed by atoms with Crippen molar-refractivity contribution in [3.05, 3.63) is 29.8 Å². The van der Waals surface area contributed by atoms with Crippen LogP contribution in [0.1, 0.15) is 27.2 Å². The summed E-state index contributed by atoms with van der Waals surface area (Å²) in [5, 5.41) is 4.73. The van der Waals surface area contributed by atoms with Gasteiger partial charge in [0.2, 0.25) is 11.8 Å². The number of carbonyl (C=O) groups excluding carboxylic acids is 2. The van der Waals surface area contributed by atoms with E-state index in [1.807, 2.05) is 0 Å². The largest absolute Gasteiger partial charge is 0.355 e. The van der Waals surface area contributed by atoms with Crippen LogP contribution in [0.5, 0.6) is 0 Å². The predicted octanol–water partition coefficient (Wildman–Crippen LogP) is 2.46. The van der Waals surface area contributed by atoms with Gasteiger partial charge in [0, 0.05) is 18.4 Å². The maximum absolute atomic E-state index is 13.3. The Labute approximate surface area is 116 Å². The van der Waals surface area contributed by atoms with Crippen molar-refractivity contribution in [3.8, 4) is 0 Å². The molecular weight excluding hydrogens is 266 g/mol. The van der Waals surface area contributed by atoms with Crippen molar-refractivity contribution in [1.29, 1.82) is 0 Å². The van der Waals surface area contributed by atoms with E-state index in [1.165, 1.54) is 6.07 Å². The van der Waals surface area contributed by atoms with E-state index in [4.69, 9.17) is 0 Å². The normalized spacial score (nSPS) is 11.1. The van der Waals surface area contributed by atoms with Crippen LogP contribution in [0.25, 0.3) is 0 Å². The number of halogens is 2. The van der Waals surface area contributed by atoms with Crippen LogP contribution >= 0.6 is 0 Å². The fraction of sp³-hybridized carbons (Fsp3) is 0.429. The Bertz CT molecular complexity index is 490. The van der Waals surface area contributed by atoms with Crippen molar-refractivity contribution in [2.24, 2.45) is 5.41 Å². The number of amides is 2. The first-order valence-electron chi connectivity index (χ1n) is 6.24. The average Bonchev–Trinajstić information content (AvgIpc) is 2.32. The molecule has 0 bridgehead atoms. The number of hydrogen-bond acceptors (Lipinski definition) is 2. The van der Waals surface area contributed by atoms with Gasteiger partial charge < -0.3 is 10.6 Å². The molecule has 0 unspecified atom stereocenters. The average molecular weight is 284 g/mol. The van der Waals surface area contributed by atoms with E-state index in [0.29, 0.717) is 0 Å². The van der Waals surface area contributed by atoms with Crippen LogP contribution in [0, 0.1) is 17.0 Å². The molecule has 20 heavy (non-hydrogen) atoms. The zero-order valence-electron chi connectivity index (χ0n) is 11.7. The van der Waals surface area contributed by atoms with Gasteiger partial charge in [0.05, 0.1) is 0 Å². The molecule has 0 radical (unpaired) electrons. The van der Waals surface area contributed by atoms with Crippen molar-refractivity contribution in [3.63, 3.8) is 0 Å². The van der Waals surface area contributed by atoms with Gasteiger partial charge in [-0.25, -0.2) is 8.78 Å². The Morgan fingerprint density at radius 1 is 1.15 bits per heavy atom. The molecule has 0 saturated carbocycles. The Hall–Kier alpha value is -1.98. The molecule has 0 fully saturated rings. The second kappa shape index (κ2) is 6.45. The highest BCUT2D eigenvalue weighted by molar-refractivity contribution is 5.91. The smallest absolute Gasteiger partial charge is 0.226 e. The molecule has 2 amide bonds. The summed E-state index contributed by atoms with van der Waals surface area (Å²) in [6.45, 7) is 5.35. The Balaban J connectivity index is 2.47. The molecule has 4 nitrogen and oxygen atoms in total. The van der Waals surface area contributed by atoms with E-state index >= 15 is 0 Å². The van der Waals surface area contributed by atoms with Crippen molar-refractivity contribution in [2.75, 3.05) is 11.9 Å². The van der Waals surface area contributed by atoms with Gasteiger partial charge in [-0.2, -0.15) is 0 Å². The zero-order valence-corrected chi connectivity index (χ0v) is 11.7. The fourth-order valence-corrected chi connectivity index (χ4v) is 1.37. The molecule has 0 heterocycles. The van der Waals surface area contributed by atoms with E-state index in [0.717, 1.165) is 12.1 Å². The number of rotatable bonds is 4. The summed E-state index contributed by atoms with van der Waals surface area (Å²) in [4.78, 5) is 23.1. The van der Waals surface area contributed by atoms with Gasteiger partial charge >= 0.3 is 0 Å². The molecule has 1 rings (SSSR count). The summed E-state index contributed by atoms with van der Waals surface area (Å²) in [5.74, 6) is -2.43. The SMILES string of the molecule is CC(C)(C)C(=O)NCCC(=O)Nc1c(F)cccc1F.